The van der Waals surface area contributed by atoms with Crippen molar-refractivity contribution in [2.75, 3.05) is 19.0 Å². The van der Waals surface area contributed by atoms with Crippen LogP contribution in [0.15, 0.2) is 0 Å². The lowest BCUT2D eigenvalue weighted by Gasteiger charge is -2.19. The van der Waals surface area contributed by atoms with E-state index in [0.29, 0.717) is 19.1 Å². The fraction of sp³-hybridized carbons (Fsp3) is 1.00. The molecule has 0 saturated carbocycles. The summed E-state index contributed by atoms with van der Waals surface area (Å²) in [7, 11) is -3.40. The quantitative estimate of drug-likeness (QED) is 0.648. The Hall–Kier alpha value is -0.130. The average molecular weight is 265 g/mol. The van der Waals surface area contributed by atoms with Crippen LogP contribution in [0.4, 0.5) is 0 Å². The Morgan fingerprint density at radius 1 is 1.18 bits per heavy atom. The van der Waals surface area contributed by atoms with Gasteiger partial charge in [-0.15, -0.1) is 0 Å². The second-order valence-corrected chi connectivity index (χ2v) is 7.10. The number of hydrogen-bond acceptors (Lipinski definition) is 3. The summed E-state index contributed by atoms with van der Waals surface area (Å²) in [5, 5.41) is 5.06. The van der Waals surface area contributed by atoms with Crippen molar-refractivity contribution < 1.29 is 13.2 Å². The number of rotatable bonds is 9. The summed E-state index contributed by atoms with van der Waals surface area (Å²) in [6, 6.07) is 0. The van der Waals surface area contributed by atoms with E-state index in [1.807, 2.05) is 13.8 Å². The molecule has 104 valence electrons. The first kappa shape index (κ1) is 16.9. The van der Waals surface area contributed by atoms with Gasteiger partial charge in [-0.2, -0.15) is 0 Å². The van der Waals surface area contributed by atoms with Crippen LogP contribution >= 0.6 is 0 Å². The third kappa shape index (κ3) is 10.7. The molecule has 0 heterocycles. The van der Waals surface area contributed by atoms with Crippen molar-refractivity contribution in [2.45, 2.75) is 40.5 Å². The number of sulfonamides is 1. The van der Waals surface area contributed by atoms with Crippen molar-refractivity contribution >= 4 is 10.0 Å². The number of nitrogens with two attached hydrogens (primary N) is 1. The van der Waals surface area contributed by atoms with Gasteiger partial charge in [-0.3, -0.25) is 0 Å². The van der Waals surface area contributed by atoms with Gasteiger partial charge in [0.2, 0.25) is 10.0 Å². The molecule has 0 aromatic rings. The summed E-state index contributed by atoms with van der Waals surface area (Å²) in [5.74, 6) is 0.945. The largest absolute Gasteiger partial charge is 0.381 e. The minimum atomic E-state index is -3.40. The van der Waals surface area contributed by atoms with Gasteiger partial charge in [0.05, 0.1) is 12.4 Å². The monoisotopic (exact) mass is 265 g/mol. The zero-order valence-corrected chi connectivity index (χ0v) is 12.3. The second kappa shape index (κ2) is 8.06. The fourth-order valence-electron chi connectivity index (χ4n) is 1.56. The first-order valence-corrected chi connectivity index (χ1v) is 8.02. The van der Waals surface area contributed by atoms with Crippen molar-refractivity contribution in [3.05, 3.63) is 0 Å². The minimum Gasteiger partial charge on any atom is -0.381 e. The van der Waals surface area contributed by atoms with E-state index in [-0.39, 0.29) is 17.6 Å². The highest BCUT2D eigenvalue weighted by molar-refractivity contribution is 7.89. The van der Waals surface area contributed by atoms with E-state index in [2.05, 4.69) is 13.8 Å². The van der Waals surface area contributed by atoms with Crippen molar-refractivity contribution in [3.63, 3.8) is 0 Å². The van der Waals surface area contributed by atoms with Gasteiger partial charge in [-0.05, 0) is 30.6 Å². The van der Waals surface area contributed by atoms with Gasteiger partial charge in [-0.25, -0.2) is 13.6 Å². The van der Waals surface area contributed by atoms with Crippen LogP contribution in [-0.2, 0) is 14.8 Å². The van der Waals surface area contributed by atoms with E-state index < -0.39 is 10.0 Å². The van der Waals surface area contributed by atoms with Gasteiger partial charge in [0, 0.05) is 6.61 Å². The van der Waals surface area contributed by atoms with E-state index in [1.54, 1.807) is 0 Å². The minimum absolute atomic E-state index is 0.00878. The van der Waals surface area contributed by atoms with E-state index in [9.17, 15) is 8.42 Å². The molecule has 0 aromatic heterocycles. The Kier molecular flexibility index (Phi) is 8.00. The van der Waals surface area contributed by atoms with Crippen LogP contribution in [0.3, 0.4) is 0 Å². The van der Waals surface area contributed by atoms with E-state index in [0.717, 1.165) is 12.8 Å². The highest BCUT2D eigenvalue weighted by Gasteiger charge is 2.19. The first-order chi connectivity index (χ1) is 7.72. The zero-order chi connectivity index (χ0) is 13.5. The molecule has 17 heavy (non-hydrogen) atoms. The predicted molar refractivity (Wildman–Crippen MR) is 71.2 cm³/mol. The lowest BCUT2D eigenvalue weighted by Crippen LogP contribution is -2.29. The summed E-state index contributed by atoms with van der Waals surface area (Å²) >= 11 is 0. The van der Waals surface area contributed by atoms with Crippen LogP contribution in [-0.4, -0.2) is 27.4 Å². The predicted octanol–water partition coefficient (Wildman–Crippen LogP) is 2.00. The molecule has 1 unspecified atom stereocenters. The number of primary sulfonamides is 1. The lowest BCUT2D eigenvalue weighted by molar-refractivity contribution is 0.0864. The van der Waals surface area contributed by atoms with Crippen LogP contribution in [0, 0.1) is 17.8 Å². The highest BCUT2D eigenvalue weighted by atomic mass is 32.2. The molecule has 5 heteroatoms. The maximum absolute atomic E-state index is 11.0. The third-order valence-corrected chi connectivity index (χ3v) is 3.68. The Bertz CT molecular complexity index is 286. The molecule has 0 fully saturated rings. The zero-order valence-electron chi connectivity index (χ0n) is 11.5. The summed E-state index contributed by atoms with van der Waals surface area (Å²) in [6.07, 6.45) is 2.17. The van der Waals surface area contributed by atoms with E-state index in [1.165, 1.54) is 0 Å². The summed E-state index contributed by atoms with van der Waals surface area (Å²) in [6.45, 7) is 9.52. The van der Waals surface area contributed by atoms with Gasteiger partial charge < -0.3 is 4.74 Å². The van der Waals surface area contributed by atoms with Crippen molar-refractivity contribution in [3.8, 4) is 0 Å². The molecular weight excluding hydrogens is 238 g/mol. The van der Waals surface area contributed by atoms with Crippen LogP contribution in [0.5, 0.6) is 0 Å². The van der Waals surface area contributed by atoms with Crippen LogP contribution in [0.2, 0.25) is 0 Å². The molecule has 0 aliphatic carbocycles. The van der Waals surface area contributed by atoms with Crippen LogP contribution in [0.25, 0.3) is 0 Å². The van der Waals surface area contributed by atoms with Gasteiger partial charge in [0.25, 0.3) is 0 Å². The molecular formula is C12H27NO3S. The second-order valence-electron chi connectivity index (χ2n) is 5.44. The molecule has 0 aromatic carbocycles. The standard InChI is InChI=1S/C12H27NO3S/c1-10(2)6-5-7-16-8-12(11(3)4)9-17(13,14)15/h10-12H,5-9H2,1-4H3,(H2,13,14,15). The average Bonchev–Trinajstić information content (AvgIpc) is 2.12. The van der Waals surface area contributed by atoms with Crippen molar-refractivity contribution in [1.82, 2.24) is 0 Å². The molecule has 0 bridgehead atoms. The Labute approximate surface area is 106 Å². The van der Waals surface area contributed by atoms with Crippen molar-refractivity contribution in [1.29, 1.82) is 0 Å². The molecule has 1 atom stereocenters. The summed E-state index contributed by atoms with van der Waals surface area (Å²) in [5.41, 5.74) is 0. The molecule has 0 aliphatic rings. The maximum atomic E-state index is 11.0. The van der Waals surface area contributed by atoms with Gasteiger partial charge in [0.15, 0.2) is 0 Å². The normalized spacial score (nSPS) is 14.5. The Morgan fingerprint density at radius 2 is 1.76 bits per heavy atom. The fourth-order valence-corrected chi connectivity index (χ4v) is 2.64. The number of ether oxygens (including phenoxy) is 1. The molecule has 4 nitrogen and oxygen atoms in total. The SMILES string of the molecule is CC(C)CCCOCC(CS(N)(=O)=O)C(C)C. The first-order valence-electron chi connectivity index (χ1n) is 6.30. The Morgan fingerprint density at radius 3 is 2.18 bits per heavy atom. The molecule has 0 aliphatic heterocycles. The molecule has 0 radical (unpaired) electrons. The van der Waals surface area contributed by atoms with Crippen LogP contribution < -0.4 is 5.14 Å². The maximum Gasteiger partial charge on any atom is 0.209 e. The summed E-state index contributed by atoms with van der Waals surface area (Å²) < 4.78 is 27.6. The lowest BCUT2D eigenvalue weighted by atomic mass is 9.99. The van der Waals surface area contributed by atoms with Crippen LogP contribution in [0.1, 0.15) is 40.5 Å². The van der Waals surface area contributed by atoms with E-state index >= 15 is 0 Å². The molecule has 0 saturated heterocycles. The molecule has 0 rings (SSSR count). The molecule has 0 amide bonds. The van der Waals surface area contributed by atoms with Gasteiger partial charge >= 0.3 is 0 Å². The smallest absolute Gasteiger partial charge is 0.209 e. The van der Waals surface area contributed by atoms with Gasteiger partial charge in [-0.1, -0.05) is 27.7 Å². The molecule has 0 spiro atoms. The third-order valence-electron chi connectivity index (χ3n) is 2.79. The van der Waals surface area contributed by atoms with E-state index in [4.69, 9.17) is 9.88 Å². The Balaban J connectivity index is 3.87. The summed E-state index contributed by atoms with van der Waals surface area (Å²) in [4.78, 5) is 0. The van der Waals surface area contributed by atoms with Gasteiger partial charge in [0.1, 0.15) is 0 Å². The highest BCUT2D eigenvalue weighted by Crippen LogP contribution is 2.13. The van der Waals surface area contributed by atoms with Crippen molar-refractivity contribution in [2.24, 2.45) is 22.9 Å². The topological polar surface area (TPSA) is 69.4 Å². The molecule has 2 N–H and O–H groups in total. The number of hydrogen-bond donors (Lipinski definition) is 1.